The highest BCUT2D eigenvalue weighted by molar-refractivity contribution is 5.35. The average molecular weight is 300 g/mol. The van der Waals surface area contributed by atoms with E-state index in [0.29, 0.717) is 6.54 Å². The van der Waals surface area contributed by atoms with E-state index in [-0.39, 0.29) is 11.7 Å². The van der Waals surface area contributed by atoms with Crippen LogP contribution in [0.4, 0.5) is 5.69 Å². The van der Waals surface area contributed by atoms with Crippen LogP contribution in [0.1, 0.15) is 35.8 Å². The zero-order valence-corrected chi connectivity index (χ0v) is 12.7. The summed E-state index contributed by atoms with van der Waals surface area (Å²) in [7, 11) is 0. The summed E-state index contributed by atoms with van der Waals surface area (Å²) < 4.78 is 0. The molecule has 5 heteroatoms. The molecule has 2 N–H and O–H groups in total. The molecule has 0 aliphatic heterocycles. The first kappa shape index (κ1) is 16.1. The van der Waals surface area contributed by atoms with Gasteiger partial charge in [-0.2, -0.15) is 0 Å². The van der Waals surface area contributed by atoms with Gasteiger partial charge in [-0.05, 0) is 25.0 Å². The van der Waals surface area contributed by atoms with Gasteiger partial charge in [0.05, 0.1) is 11.0 Å². The normalized spacial score (nSPS) is 13.6. The maximum Gasteiger partial charge on any atom is 0.269 e. The molecule has 2 aromatic rings. The Morgan fingerprint density at radius 3 is 2.50 bits per heavy atom. The number of hydrogen-bond acceptors (Lipinski definition) is 4. The summed E-state index contributed by atoms with van der Waals surface area (Å²) in [6.07, 6.45) is -0.609. The number of aryl methyl sites for hydroxylation is 1. The molecule has 2 unspecified atom stereocenters. The lowest BCUT2D eigenvalue weighted by Crippen LogP contribution is -2.24. The lowest BCUT2D eigenvalue weighted by molar-refractivity contribution is -0.384. The third-order valence-corrected chi connectivity index (χ3v) is 3.66. The lowest BCUT2D eigenvalue weighted by atomic mass is 10.1. The van der Waals surface area contributed by atoms with E-state index >= 15 is 0 Å². The van der Waals surface area contributed by atoms with Crippen molar-refractivity contribution in [2.24, 2.45) is 0 Å². The molecular weight excluding hydrogens is 280 g/mol. The van der Waals surface area contributed by atoms with Gasteiger partial charge in [-0.15, -0.1) is 0 Å². The molecule has 5 nitrogen and oxygen atoms in total. The lowest BCUT2D eigenvalue weighted by Gasteiger charge is -2.18. The molecule has 0 amide bonds. The molecule has 0 saturated carbocycles. The fourth-order valence-electron chi connectivity index (χ4n) is 2.22. The van der Waals surface area contributed by atoms with E-state index in [0.717, 1.165) is 16.7 Å². The van der Waals surface area contributed by atoms with E-state index in [2.05, 4.69) is 5.32 Å². The van der Waals surface area contributed by atoms with Crippen LogP contribution in [-0.4, -0.2) is 16.6 Å². The Hall–Kier alpha value is -2.24. The zero-order valence-electron chi connectivity index (χ0n) is 12.7. The van der Waals surface area contributed by atoms with Crippen LogP contribution < -0.4 is 5.32 Å². The number of nitrogens with zero attached hydrogens (tertiary/aromatic N) is 1. The fraction of sp³-hybridized carbons (Fsp3) is 0.294. The number of nitrogens with one attached hydrogen (secondary N) is 1. The Labute approximate surface area is 129 Å². The van der Waals surface area contributed by atoms with Gasteiger partial charge in [0.1, 0.15) is 0 Å². The summed E-state index contributed by atoms with van der Waals surface area (Å²) in [6, 6.07) is 14.2. The van der Waals surface area contributed by atoms with Crippen LogP contribution in [0.15, 0.2) is 48.5 Å². The highest BCUT2D eigenvalue weighted by Gasteiger charge is 2.13. The minimum absolute atomic E-state index is 0.0743. The molecule has 2 atom stereocenters. The van der Waals surface area contributed by atoms with Crippen molar-refractivity contribution in [2.45, 2.75) is 26.0 Å². The predicted molar refractivity (Wildman–Crippen MR) is 85.7 cm³/mol. The van der Waals surface area contributed by atoms with Gasteiger partial charge < -0.3 is 10.4 Å². The summed E-state index contributed by atoms with van der Waals surface area (Å²) >= 11 is 0. The van der Waals surface area contributed by atoms with Crippen molar-refractivity contribution in [2.75, 3.05) is 6.54 Å². The van der Waals surface area contributed by atoms with E-state index in [9.17, 15) is 15.2 Å². The molecule has 2 aromatic carbocycles. The summed E-state index contributed by atoms with van der Waals surface area (Å²) in [5, 5.41) is 24.2. The second-order valence-corrected chi connectivity index (χ2v) is 5.41. The van der Waals surface area contributed by atoms with Crippen LogP contribution in [0.25, 0.3) is 0 Å². The number of aliphatic hydroxyl groups is 1. The third kappa shape index (κ3) is 4.13. The fourth-order valence-corrected chi connectivity index (χ4v) is 2.22. The Morgan fingerprint density at radius 1 is 1.18 bits per heavy atom. The summed E-state index contributed by atoms with van der Waals surface area (Å²) in [5.74, 6) is 0. The number of non-ortho nitro benzene ring substituents is 1. The molecule has 0 saturated heterocycles. The molecule has 0 bridgehead atoms. The van der Waals surface area contributed by atoms with E-state index in [1.807, 2.05) is 44.2 Å². The minimum atomic E-state index is -0.609. The molecule has 2 rings (SSSR count). The molecule has 0 aliphatic rings. The maximum absolute atomic E-state index is 10.8. The zero-order chi connectivity index (χ0) is 16.1. The van der Waals surface area contributed by atoms with Crippen molar-refractivity contribution in [3.05, 3.63) is 75.3 Å². The number of nitro groups is 1. The molecule has 0 fully saturated rings. The Kier molecular flexibility index (Phi) is 5.25. The summed E-state index contributed by atoms with van der Waals surface area (Å²) in [6.45, 7) is 4.30. The Bertz CT molecular complexity index is 641. The second kappa shape index (κ2) is 7.15. The molecule has 22 heavy (non-hydrogen) atoms. The van der Waals surface area contributed by atoms with Gasteiger partial charge in [-0.25, -0.2) is 0 Å². The van der Waals surface area contributed by atoms with Crippen molar-refractivity contribution in [3.8, 4) is 0 Å². The largest absolute Gasteiger partial charge is 0.387 e. The molecule has 0 radical (unpaired) electrons. The van der Waals surface area contributed by atoms with Crippen LogP contribution in [-0.2, 0) is 0 Å². The average Bonchev–Trinajstić information content (AvgIpc) is 2.53. The Balaban J connectivity index is 1.97. The van der Waals surface area contributed by atoms with E-state index in [1.165, 1.54) is 6.07 Å². The number of aliphatic hydroxyl groups excluding tert-OH is 1. The van der Waals surface area contributed by atoms with Crippen molar-refractivity contribution in [1.29, 1.82) is 0 Å². The van der Waals surface area contributed by atoms with E-state index in [4.69, 9.17) is 0 Å². The standard InChI is InChI=1S/C17H20N2O3/c1-12-6-8-14(9-7-12)17(20)11-18-13(2)15-4-3-5-16(10-15)19(21)22/h3-10,13,17-18,20H,11H2,1-2H3. The Morgan fingerprint density at radius 2 is 1.86 bits per heavy atom. The van der Waals surface area contributed by atoms with Crippen LogP contribution in [0.2, 0.25) is 0 Å². The van der Waals surface area contributed by atoms with Crippen LogP contribution >= 0.6 is 0 Å². The second-order valence-electron chi connectivity index (χ2n) is 5.41. The number of hydrogen-bond donors (Lipinski definition) is 2. The highest BCUT2D eigenvalue weighted by Crippen LogP contribution is 2.20. The smallest absolute Gasteiger partial charge is 0.269 e. The first-order chi connectivity index (χ1) is 10.5. The summed E-state index contributed by atoms with van der Waals surface area (Å²) in [4.78, 5) is 10.4. The molecule has 0 spiro atoms. The number of nitro benzene ring substituents is 1. The van der Waals surface area contributed by atoms with Crippen LogP contribution in [0.3, 0.4) is 0 Å². The molecule has 0 aromatic heterocycles. The van der Waals surface area contributed by atoms with Gasteiger partial charge in [0.25, 0.3) is 5.69 Å². The minimum Gasteiger partial charge on any atom is -0.387 e. The van der Waals surface area contributed by atoms with Crippen LogP contribution in [0, 0.1) is 17.0 Å². The predicted octanol–water partition coefficient (Wildman–Crippen LogP) is 3.29. The van der Waals surface area contributed by atoms with Crippen molar-refractivity contribution in [1.82, 2.24) is 5.32 Å². The molecule has 0 aliphatic carbocycles. The van der Waals surface area contributed by atoms with Crippen LogP contribution in [0.5, 0.6) is 0 Å². The van der Waals surface area contributed by atoms with Gasteiger partial charge in [0.15, 0.2) is 0 Å². The first-order valence-corrected chi connectivity index (χ1v) is 7.19. The van der Waals surface area contributed by atoms with Gasteiger partial charge >= 0.3 is 0 Å². The third-order valence-electron chi connectivity index (χ3n) is 3.66. The first-order valence-electron chi connectivity index (χ1n) is 7.19. The van der Waals surface area contributed by atoms with Crippen molar-refractivity contribution >= 4 is 5.69 Å². The monoisotopic (exact) mass is 300 g/mol. The highest BCUT2D eigenvalue weighted by atomic mass is 16.6. The van der Waals surface area contributed by atoms with Crippen molar-refractivity contribution < 1.29 is 10.0 Å². The number of benzene rings is 2. The van der Waals surface area contributed by atoms with E-state index in [1.54, 1.807) is 12.1 Å². The molecular formula is C17H20N2O3. The maximum atomic E-state index is 10.8. The quantitative estimate of drug-likeness (QED) is 0.634. The summed E-state index contributed by atoms with van der Waals surface area (Å²) in [5.41, 5.74) is 2.90. The van der Waals surface area contributed by atoms with Gasteiger partial charge in [-0.1, -0.05) is 42.0 Å². The van der Waals surface area contributed by atoms with Gasteiger partial charge in [0.2, 0.25) is 0 Å². The molecule has 0 heterocycles. The van der Waals surface area contributed by atoms with Gasteiger partial charge in [0, 0.05) is 24.7 Å². The SMILES string of the molecule is Cc1ccc(C(O)CNC(C)c2cccc([N+](=O)[O-])c2)cc1. The topological polar surface area (TPSA) is 75.4 Å². The van der Waals surface area contributed by atoms with Gasteiger partial charge in [-0.3, -0.25) is 10.1 Å². The molecule has 116 valence electrons. The number of rotatable bonds is 6. The van der Waals surface area contributed by atoms with Crippen molar-refractivity contribution in [3.63, 3.8) is 0 Å². The van der Waals surface area contributed by atoms with E-state index < -0.39 is 11.0 Å².